The minimum atomic E-state index is -0.540. The van der Waals surface area contributed by atoms with E-state index in [1.54, 1.807) is 0 Å². The van der Waals surface area contributed by atoms with E-state index in [-0.39, 0.29) is 23.4 Å². The van der Waals surface area contributed by atoms with Gasteiger partial charge in [-0.2, -0.15) is 0 Å². The number of anilines is 1. The number of hydrogen-bond acceptors (Lipinski definition) is 4. The first kappa shape index (κ1) is 13.6. The van der Waals surface area contributed by atoms with Gasteiger partial charge < -0.3 is 10.6 Å². The van der Waals surface area contributed by atoms with Crippen molar-refractivity contribution in [1.82, 2.24) is 5.32 Å². The van der Waals surface area contributed by atoms with E-state index in [1.807, 2.05) is 32.0 Å². The fourth-order valence-corrected chi connectivity index (χ4v) is 2.83. The second-order valence-corrected chi connectivity index (χ2v) is 5.77. The van der Waals surface area contributed by atoms with Crippen molar-refractivity contribution in [2.75, 3.05) is 5.32 Å². The zero-order valence-electron chi connectivity index (χ0n) is 10.7. The molecule has 0 bridgehead atoms. The molecule has 1 aliphatic rings. The number of hydrogen-bond donors (Lipinski definition) is 3. The molecular formula is C13H15N3O2S. The van der Waals surface area contributed by atoms with Gasteiger partial charge in [-0.3, -0.25) is 15.0 Å². The highest BCUT2D eigenvalue weighted by atomic mass is 32.2. The van der Waals surface area contributed by atoms with E-state index in [0.29, 0.717) is 0 Å². The van der Waals surface area contributed by atoms with Crippen molar-refractivity contribution >= 4 is 34.4 Å². The van der Waals surface area contributed by atoms with Crippen molar-refractivity contribution in [3.63, 3.8) is 0 Å². The van der Waals surface area contributed by atoms with Crippen LogP contribution in [0.4, 0.5) is 5.69 Å². The maximum Gasteiger partial charge on any atom is 0.238 e. The molecule has 1 heterocycles. The Balaban J connectivity index is 2.08. The van der Waals surface area contributed by atoms with E-state index in [1.165, 1.54) is 0 Å². The molecule has 0 radical (unpaired) electrons. The predicted molar refractivity (Wildman–Crippen MR) is 76.4 cm³/mol. The first-order valence-electron chi connectivity index (χ1n) is 5.88. The van der Waals surface area contributed by atoms with E-state index in [4.69, 9.17) is 5.41 Å². The summed E-state index contributed by atoms with van der Waals surface area (Å²) in [5.74, 6) is -0.529. The Bertz CT molecular complexity index is 521. The average Bonchev–Trinajstić information content (AvgIpc) is 2.25. The molecule has 100 valence electrons. The van der Waals surface area contributed by atoms with Crippen molar-refractivity contribution in [3.8, 4) is 0 Å². The third-order valence-corrected chi connectivity index (χ3v) is 3.67. The van der Waals surface area contributed by atoms with Crippen LogP contribution in [0.15, 0.2) is 18.2 Å². The lowest BCUT2D eigenvalue weighted by Gasteiger charge is -2.21. The molecule has 1 unspecified atom stereocenters. The summed E-state index contributed by atoms with van der Waals surface area (Å²) < 4.78 is 0. The lowest BCUT2D eigenvalue weighted by Crippen LogP contribution is -2.41. The number of rotatable bonds is 2. The zero-order valence-corrected chi connectivity index (χ0v) is 11.6. The molecule has 0 spiro atoms. The van der Waals surface area contributed by atoms with Gasteiger partial charge in [0.25, 0.3) is 0 Å². The van der Waals surface area contributed by atoms with Gasteiger partial charge in [0.1, 0.15) is 5.25 Å². The van der Waals surface area contributed by atoms with E-state index in [9.17, 15) is 9.59 Å². The Labute approximate surface area is 115 Å². The van der Waals surface area contributed by atoms with E-state index in [2.05, 4.69) is 10.6 Å². The summed E-state index contributed by atoms with van der Waals surface area (Å²) in [7, 11) is 0. The molecule has 0 aliphatic carbocycles. The van der Waals surface area contributed by atoms with Crippen LogP contribution in [0, 0.1) is 19.3 Å². The minimum absolute atomic E-state index is 0.0248. The number of nitrogens with one attached hydrogen (secondary N) is 3. The molecule has 0 saturated carbocycles. The van der Waals surface area contributed by atoms with Crippen LogP contribution in [0.25, 0.3) is 0 Å². The van der Waals surface area contributed by atoms with Crippen LogP contribution < -0.4 is 10.6 Å². The Morgan fingerprint density at radius 3 is 2.58 bits per heavy atom. The van der Waals surface area contributed by atoms with E-state index >= 15 is 0 Å². The highest BCUT2D eigenvalue weighted by molar-refractivity contribution is 8.15. The number of benzene rings is 1. The summed E-state index contributed by atoms with van der Waals surface area (Å²) in [6.07, 6.45) is 0.101. The number of thioether (sulfide) groups is 1. The van der Waals surface area contributed by atoms with Crippen molar-refractivity contribution < 1.29 is 9.59 Å². The van der Waals surface area contributed by atoms with Crippen molar-refractivity contribution in [2.24, 2.45) is 0 Å². The Morgan fingerprint density at radius 2 is 2.00 bits per heavy atom. The van der Waals surface area contributed by atoms with Gasteiger partial charge in [-0.05, 0) is 37.1 Å². The third-order valence-electron chi connectivity index (χ3n) is 2.67. The summed E-state index contributed by atoms with van der Waals surface area (Å²) in [6.45, 7) is 3.92. The van der Waals surface area contributed by atoms with Gasteiger partial charge in [0, 0.05) is 12.1 Å². The molecule has 19 heavy (non-hydrogen) atoms. The summed E-state index contributed by atoms with van der Waals surface area (Å²) in [6, 6.07) is 5.78. The molecule has 1 saturated heterocycles. The van der Waals surface area contributed by atoms with Crippen LogP contribution in [0.1, 0.15) is 17.5 Å². The van der Waals surface area contributed by atoms with Gasteiger partial charge in [0.2, 0.25) is 11.8 Å². The normalized spacial score (nSPS) is 18.9. The minimum Gasteiger partial charge on any atom is -0.325 e. The number of aryl methyl sites for hydroxylation is 2. The topological polar surface area (TPSA) is 82.1 Å². The van der Waals surface area contributed by atoms with Gasteiger partial charge in [0.05, 0.1) is 0 Å². The fourth-order valence-electron chi connectivity index (χ4n) is 1.98. The lowest BCUT2D eigenvalue weighted by atomic mass is 10.1. The summed E-state index contributed by atoms with van der Waals surface area (Å²) >= 11 is 1.07. The van der Waals surface area contributed by atoms with E-state index in [0.717, 1.165) is 28.6 Å². The van der Waals surface area contributed by atoms with Crippen LogP contribution in [0.3, 0.4) is 0 Å². The van der Waals surface area contributed by atoms with Crippen molar-refractivity contribution in [1.29, 1.82) is 5.41 Å². The molecular weight excluding hydrogens is 262 g/mol. The van der Waals surface area contributed by atoms with E-state index < -0.39 is 5.25 Å². The largest absolute Gasteiger partial charge is 0.325 e. The lowest BCUT2D eigenvalue weighted by molar-refractivity contribution is -0.123. The van der Waals surface area contributed by atoms with Crippen LogP contribution in [-0.2, 0) is 9.59 Å². The van der Waals surface area contributed by atoms with Crippen LogP contribution in [-0.4, -0.2) is 22.2 Å². The van der Waals surface area contributed by atoms with Gasteiger partial charge in [-0.15, -0.1) is 0 Å². The molecule has 1 fully saturated rings. The van der Waals surface area contributed by atoms with Crippen molar-refractivity contribution in [3.05, 3.63) is 29.3 Å². The van der Waals surface area contributed by atoms with Gasteiger partial charge in [-0.25, -0.2) is 0 Å². The quantitative estimate of drug-likeness (QED) is 0.771. The number of carbonyl (C=O) groups is 2. The number of amides is 2. The standard InChI is InChI=1S/C13H15N3O2S/c1-7-3-8(2)5-9(4-7)15-12(18)10-6-11(17)16-13(14)19-10/h3-5,10H,6H2,1-2H3,(H,15,18)(H2,14,16,17). The summed E-state index contributed by atoms with van der Waals surface area (Å²) in [4.78, 5) is 23.4. The molecule has 2 amide bonds. The molecule has 2 rings (SSSR count). The summed E-state index contributed by atoms with van der Waals surface area (Å²) in [5.41, 5.74) is 2.86. The van der Waals surface area contributed by atoms with Gasteiger partial charge >= 0.3 is 0 Å². The monoisotopic (exact) mass is 277 g/mol. The molecule has 1 atom stereocenters. The molecule has 1 aromatic carbocycles. The second-order valence-electron chi connectivity index (χ2n) is 4.55. The molecule has 0 aromatic heterocycles. The second kappa shape index (κ2) is 5.44. The number of carbonyl (C=O) groups excluding carboxylic acids is 2. The van der Waals surface area contributed by atoms with Crippen molar-refractivity contribution in [2.45, 2.75) is 25.5 Å². The molecule has 1 aliphatic heterocycles. The highest BCUT2D eigenvalue weighted by Gasteiger charge is 2.29. The first-order chi connectivity index (χ1) is 8.94. The highest BCUT2D eigenvalue weighted by Crippen LogP contribution is 2.22. The zero-order chi connectivity index (χ0) is 14.0. The first-order valence-corrected chi connectivity index (χ1v) is 6.76. The smallest absolute Gasteiger partial charge is 0.238 e. The third kappa shape index (κ3) is 3.57. The Kier molecular flexibility index (Phi) is 3.90. The average molecular weight is 277 g/mol. The summed E-state index contributed by atoms with van der Waals surface area (Å²) in [5, 5.41) is 12.1. The Morgan fingerprint density at radius 1 is 1.37 bits per heavy atom. The molecule has 3 N–H and O–H groups in total. The van der Waals surface area contributed by atoms with Crippen LogP contribution >= 0.6 is 11.8 Å². The maximum atomic E-state index is 12.1. The fraction of sp³-hybridized carbons (Fsp3) is 0.308. The van der Waals surface area contributed by atoms with Crippen LogP contribution in [0.2, 0.25) is 0 Å². The maximum absolute atomic E-state index is 12.1. The molecule has 5 nitrogen and oxygen atoms in total. The molecule has 6 heteroatoms. The van der Waals surface area contributed by atoms with Gasteiger partial charge in [-0.1, -0.05) is 17.8 Å². The van der Waals surface area contributed by atoms with Crippen LogP contribution in [0.5, 0.6) is 0 Å². The number of amidine groups is 1. The Hall–Kier alpha value is -1.82. The van der Waals surface area contributed by atoms with Gasteiger partial charge in [0.15, 0.2) is 5.17 Å². The molecule has 1 aromatic rings. The predicted octanol–water partition coefficient (Wildman–Crippen LogP) is 1.80. The SMILES string of the molecule is Cc1cc(C)cc(NC(=O)C2CC(=O)NC(=N)S2)c1.